The van der Waals surface area contributed by atoms with E-state index in [4.69, 9.17) is 0 Å². The molecular formula is C21H47NSi. The highest BCUT2D eigenvalue weighted by molar-refractivity contribution is 6.36. The highest BCUT2D eigenvalue weighted by Crippen LogP contribution is 2.29. The molecule has 0 unspecified atom stereocenters. The van der Waals surface area contributed by atoms with Gasteiger partial charge in [-0.1, -0.05) is 117 Å². The fraction of sp³-hybridized carbons (Fsp3) is 1.00. The first-order valence-corrected chi connectivity index (χ1v) is 12.2. The van der Waals surface area contributed by atoms with E-state index in [1.54, 1.807) is 0 Å². The Morgan fingerprint density at radius 3 is 1.30 bits per heavy atom. The number of hydrogen-bond donors (Lipinski definition) is 1. The summed E-state index contributed by atoms with van der Waals surface area (Å²) in [5, 5.41) is 0.616. The molecule has 23 heavy (non-hydrogen) atoms. The van der Waals surface area contributed by atoms with Gasteiger partial charge in [-0.25, -0.2) is 0 Å². The molecule has 1 N–H and O–H groups in total. The Morgan fingerprint density at radius 1 is 0.609 bits per heavy atom. The van der Waals surface area contributed by atoms with Gasteiger partial charge >= 0.3 is 0 Å². The topological polar surface area (TPSA) is 12.0 Å². The zero-order valence-electron chi connectivity index (χ0n) is 17.0. The average molecular weight is 342 g/mol. The van der Waals surface area contributed by atoms with Crippen LogP contribution in [0.25, 0.3) is 0 Å². The molecule has 0 atom stereocenters. The molecule has 0 aromatic heterocycles. The lowest BCUT2D eigenvalue weighted by molar-refractivity contribution is 0.507. The second kappa shape index (κ2) is 17.0. The Labute approximate surface area is 150 Å². The zero-order chi connectivity index (χ0) is 17.2. The van der Waals surface area contributed by atoms with Crippen molar-refractivity contribution in [2.24, 2.45) is 0 Å². The van der Waals surface area contributed by atoms with E-state index in [-0.39, 0.29) is 9.68 Å². The van der Waals surface area contributed by atoms with Crippen LogP contribution in [0.1, 0.15) is 124 Å². The highest BCUT2D eigenvalue weighted by Gasteiger charge is 2.16. The maximum Gasteiger partial charge on any atom is 0.0970 e. The van der Waals surface area contributed by atoms with E-state index in [0.717, 1.165) is 0 Å². The Kier molecular flexibility index (Phi) is 17.1. The van der Waals surface area contributed by atoms with Gasteiger partial charge in [0.1, 0.15) is 0 Å². The molecule has 0 saturated carbocycles. The Balaban J connectivity index is 3.11. The molecule has 0 bridgehead atoms. The molecule has 0 radical (unpaired) electrons. The summed E-state index contributed by atoms with van der Waals surface area (Å²) >= 11 is 0. The monoisotopic (exact) mass is 341 g/mol. The molecule has 1 nitrogen and oxygen atoms in total. The van der Waals surface area contributed by atoms with Gasteiger partial charge in [-0.05, 0) is 18.5 Å². The summed E-state index contributed by atoms with van der Waals surface area (Å²) < 4.78 is 0. The third-order valence-electron chi connectivity index (χ3n) is 5.11. The molecule has 0 aromatic carbocycles. The summed E-state index contributed by atoms with van der Waals surface area (Å²) in [6, 6.07) is 0. The molecule has 140 valence electrons. The van der Waals surface area contributed by atoms with Crippen molar-refractivity contribution >= 4 is 9.68 Å². The van der Waals surface area contributed by atoms with Crippen molar-refractivity contribution in [3.63, 3.8) is 0 Å². The minimum atomic E-state index is -0.0650. The predicted octanol–water partition coefficient (Wildman–Crippen LogP) is 6.75. The van der Waals surface area contributed by atoms with Gasteiger partial charge in [0.2, 0.25) is 0 Å². The first-order chi connectivity index (χ1) is 11.1. The van der Waals surface area contributed by atoms with Crippen LogP contribution in [0, 0.1) is 0 Å². The van der Waals surface area contributed by atoms with Crippen molar-refractivity contribution in [2.75, 3.05) is 7.05 Å². The molecule has 0 aliphatic heterocycles. The number of hydrogen-bond acceptors (Lipinski definition) is 1. The van der Waals surface area contributed by atoms with E-state index in [9.17, 15) is 0 Å². The van der Waals surface area contributed by atoms with Crippen LogP contribution >= 0.6 is 0 Å². The van der Waals surface area contributed by atoms with Crippen LogP contribution < -0.4 is 4.98 Å². The molecule has 0 aliphatic carbocycles. The summed E-state index contributed by atoms with van der Waals surface area (Å²) in [7, 11) is 2.06. The highest BCUT2D eigenvalue weighted by atomic mass is 28.2. The molecule has 0 amide bonds. The number of nitrogens with one attached hydrogen (secondary N) is 1. The van der Waals surface area contributed by atoms with Gasteiger partial charge in [0.25, 0.3) is 0 Å². The quantitative estimate of drug-likeness (QED) is 0.215. The number of rotatable bonds is 18. The van der Waals surface area contributed by atoms with Crippen LogP contribution in [0.15, 0.2) is 0 Å². The van der Waals surface area contributed by atoms with E-state index in [1.807, 2.05) is 0 Å². The number of unbranched alkanes of at least 4 members (excludes halogenated alkanes) is 14. The van der Waals surface area contributed by atoms with Crippen molar-refractivity contribution in [3.05, 3.63) is 0 Å². The third kappa shape index (κ3) is 18.4. The smallest absolute Gasteiger partial charge is 0.0970 e. The normalized spacial score (nSPS) is 12.5. The summed E-state index contributed by atoms with van der Waals surface area (Å²) in [5.74, 6) is 0. The summed E-state index contributed by atoms with van der Waals surface area (Å²) in [6.07, 6.45) is 23.4. The van der Waals surface area contributed by atoms with Gasteiger partial charge in [-0.3, -0.25) is 0 Å². The molecule has 0 aromatic rings. The average Bonchev–Trinajstić information content (AvgIpc) is 2.51. The molecule has 0 saturated heterocycles. The predicted molar refractivity (Wildman–Crippen MR) is 111 cm³/mol. The molecule has 0 aliphatic rings. The van der Waals surface area contributed by atoms with Gasteiger partial charge < -0.3 is 4.98 Å². The van der Waals surface area contributed by atoms with Crippen LogP contribution in [0.4, 0.5) is 0 Å². The SMILES string of the molecule is CCCCCCCCCCCCCCCCCC(C)(C)[SiH2]NC. The Morgan fingerprint density at radius 2 is 0.957 bits per heavy atom. The van der Waals surface area contributed by atoms with Crippen molar-refractivity contribution < 1.29 is 0 Å². The van der Waals surface area contributed by atoms with Crippen LogP contribution in [-0.2, 0) is 0 Å². The van der Waals surface area contributed by atoms with E-state index in [1.165, 1.54) is 103 Å². The third-order valence-corrected chi connectivity index (χ3v) is 6.78. The molecule has 0 spiro atoms. The van der Waals surface area contributed by atoms with E-state index >= 15 is 0 Å². The van der Waals surface area contributed by atoms with Crippen molar-refractivity contribution in [1.82, 2.24) is 4.98 Å². The lowest BCUT2D eigenvalue weighted by Crippen LogP contribution is -2.25. The van der Waals surface area contributed by atoms with Crippen LogP contribution in [0.2, 0.25) is 5.04 Å². The van der Waals surface area contributed by atoms with Crippen molar-refractivity contribution in [3.8, 4) is 0 Å². The van der Waals surface area contributed by atoms with Gasteiger partial charge in [0.05, 0.1) is 9.68 Å². The lowest BCUT2D eigenvalue weighted by atomic mass is 10.0. The first-order valence-electron chi connectivity index (χ1n) is 10.8. The van der Waals surface area contributed by atoms with Gasteiger partial charge in [0, 0.05) is 0 Å². The fourth-order valence-electron chi connectivity index (χ4n) is 3.54. The first kappa shape index (κ1) is 23.2. The van der Waals surface area contributed by atoms with Crippen LogP contribution in [0.5, 0.6) is 0 Å². The standard InChI is InChI=1S/C21H47NSi/c1-5-6-7-8-9-10-11-12-13-14-15-16-17-18-19-20-21(2,3)23-22-4/h22H,5-20,23H2,1-4H3. The molecule has 0 rings (SSSR count). The van der Waals surface area contributed by atoms with E-state index < -0.39 is 0 Å². The van der Waals surface area contributed by atoms with Crippen molar-refractivity contribution in [1.29, 1.82) is 0 Å². The maximum absolute atomic E-state index is 3.45. The lowest BCUT2D eigenvalue weighted by Gasteiger charge is -2.23. The fourth-order valence-corrected chi connectivity index (χ4v) is 4.93. The summed E-state index contributed by atoms with van der Waals surface area (Å²) in [5.41, 5.74) is 0. The van der Waals surface area contributed by atoms with Crippen LogP contribution in [0.3, 0.4) is 0 Å². The second-order valence-electron chi connectivity index (χ2n) is 8.39. The second-order valence-corrected chi connectivity index (χ2v) is 11.4. The van der Waals surface area contributed by atoms with E-state index in [2.05, 4.69) is 32.8 Å². The zero-order valence-corrected chi connectivity index (χ0v) is 18.4. The molecule has 0 fully saturated rings. The van der Waals surface area contributed by atoms with Gasteiger partial charge in [-0.2, -0.15) is 0 Å². The maximum atomic E-state index is 3.45. The van der Waals surface area contributed by atoms with Gasteiger partial charge in [-0.15, -0.1) is 0 Å². The Hall–Kier alpha value is 0.177. The molecule has 0 heterocycles. The molecular weight excluding hydrogens is 294 g/mol. The minimum Gasteiger partial charge on any atom is -0.344 e. The largest absolute Gasteiger partial charge is 0.344 e. The molecule has 2 heteroatoms. The Bertz CT molecular complexity index is 228. The van der Waals surface area contributed by atoms with Crippen molar-refractivity contribution in [2.45, 2.75) is 129 Å². The summed E-state index contributed by atoms with van der Waals surface area (Å²) in [4.78, 5) is 3.45. The van der Waals surface area contributed by atoms with Gasteiger partial charge in [0.15, 0.2) is 0 Å². The minimum absolute atomic E-state index is 0.0650. The summed E-state index contributed by atoms with van der Waals surface area (Å²) in [6.45, 7) is 7.19. The van der Waals surface area contributed by atoms with E-state index in [0.29, 0.717) is 5.04 Å². The van der Waals surface area contributed by atoms with Crippen LogP contribution in [-0.4, -0.2) is 16.7 Å².